The van der Waals surface area contributed by atoms with Crippen LogP contribution in [0.2, 0.25) is 0 Å². The molecule has 2 aromatic rings. The summed E-state index contributed by atoms with van der Waals surface area (Å²) in [7, 11) is -3.92. The second-order valence-electron chi connectivity index (χ2n) is 6.57. The standard InChI is InChI=1S/C18H21NO3S2/c1-18(2,12-7-13-24(20,21)22)19-14-8-3-5-10-16(14)23-17-11-6-4-9-15(17)19/h3-6,8-11H,7,12-13H2,1-2H3,(H,20,21,22). The zero-order chi connectivity index (χ0) is 17.4. The topological polar surface area (TPSA) is 57.6 Å². The Balaban J connectivity index is 1.97. The van der Waals surface area contributed by atoms with Gasteiger partial charge in [-0.3, -0.25) is 4.55 Å². The van der Waals surface area contributed by atoms with Gasteiger partial charge >= 0.3 is 0 Å². The summed E-state index contributed by atoms with van der Waals surface area (Å²) in [5.74, 6) is -0.206. The molecule has 0 spiro atoms. The number of hydrogen-bond donors (Lipinski definition) is 1. The molecule has 1 aliphatic heterocycles. The number of para-hydroxylation sites is 2. The van der Waals surface area contributed by atoms with E-state index in [2.05, 4.69) is 43.0 Å². The molecule has 2 aromatic carbocycles. The second-order valence-corrected chi connectivity index (χ2v) is 9.23. The van der Waals surface area contributed by atoms with E-state index in [9.17, 15) is 8.42 Å². The smallest absolute Gasteiger partial charge is 0.264 e. The van der Waals surface area contributed by atoms with Crippen molar-refractivity contribution in [3.63, 3.8) is 0 Å². The lowest BCUT2D eigenvalue weighted by Gasteiger charge is -2.44. The van der Waals surface area contributed by atoms with Crippen molar-refractivity contribution in [2.24, 2.45) is 0 Å². The van der Waals surface area contributed by atoms with Gasteiger partial charge < -0.3 is 4.90 Å². The molecule has 0 bridgehead atoms. The van der Waals surface area contributed by atoms with Crippen LogP contribution in [0.4, 0.5) is 11.4 Å². The number of rotatable bonds is 5. The highest BCUT2D eigenvalue weighted by Crippen LogP contribution is 2.51. The van der Waals surface area contributed by atoms with E-state index in [0.717, 1.165) is 11.4 Å². The minimum Gasteiger partial charge on any atom is -0.334 e. The quantitative estimate of drug-likeness (QED) is 0.778. The Bertz CT molecular complexity index is 801. The minimum atomic E-state index is -3.92. The first-order valence-electron chi connectivity index (χ1n) is 7.89. The Labute approximate surface area is 147 Å². The molecule has 0 atom stereocenters. The number of benzene rings is 2. The summed E-state index contributed by atoms with van der Waals surface area (Å²) in [5, 5.41) is 0. The molecule has 0 aliphatic carbocycles. The van der Waals surface area contributed by atoms with Crippen molar-refractivity contribution in [3.8, 4) is 0 Å². The number of fused-ring (bicyclic) bond motifs is 2. The summed E-state index contributed by atoms with van der Waals surface area (Å²) in [6.45, 7) is 4.22. The maximum Gasteiger partial charge on any atom is 0.264 e. The van der Waals surface area contributed by atoms with Crippen LogP contribution in [0.15, 0.2) is 58.3 Å². The maximum atomic E-state index is 11.0. The predicted molar refractivity (Wildman–Crippen MR) is 98.9 cm³/mol. The molecule has 3 rings (SSSR count). The third kappa shape index (κ3) is 3.61. The molecule has 0 fully saturated rings. The fraction of sp³-hybridized carbons (Fsp3) is 0.333. The molecule has 0 unspecified atom stereocenters. The third-order valence-corrected chi connectivity index (χ3v) is 6.16. The zero-order valence-corrected chi connectivity index (χ0v) is 15.4. The molecule has 4 nitrogen and oxygen atoms in total. The van der Waals surface area contributed by atoms with E-state index >= 15 is 0 Å². The number of nitrogens with zero attached hydrogens (tertiary/aromatic N) is 1. The summed E-state index contributed by atoms with van der Waals surface area (Å²) in [6, 6.07) is 16.5. The first-order chi connectivity index (χ1) is 11.3. The lowest BCUT2D eigenvalue weighted by molar-refractivity contribution is 0.443. The van der Waals surface area contributed by atoms with Gasteiger partial charge in [0.15, 0.2) is 0 Å². The average molecular weight is 364 g/mol. The van der Waals surface area contributed by atoms with Crippen molar-refractivity contribution in [1.29, 1.82) is 0 Å². The fourth-order valence-electron chi connectivity index (χ4n) is 3.16. The van der Waals surface area contributed by atoms with Crippen LogP contribution < -0.4 is 4.90 Å². The summed E-state index contributed by atoms with van der Waals surface area (Å²) >= 11 is 1.75. The lowest BCUT2D eigenvalue weighted by atomic mass is 9.94. The van der Waals surface area contributed by atoms with Crippen LogP contribution in [-0.2, 0) is 10.1 Å². The van der Waals surface area contributed by atoms with Crippen LogP contribution in [-0.4, -0.2) is 24.3 Å². The lowest BCUT2D eigenvalue weighted by Crippen LogP contribution is -2.42. The number of anilines is 2. The van der Waals surface area contributed by atoms with Crippen molar-refractivity contribution in [2.45, 2.75) is 42.0 Å². The molecule has 1 N–H and O–H groups in total. The number of hydrogen-bond acceptors (Lipinski definition) is 4. The van der Waals surface area contributed by atoms with Crippen LogP contribution in [0.1, 0.15) is 26.7 Å². The van der Waals surface area contributed by atoms with Crippen LogP contribution in [0.3, 0.4) is 0 Å². The van der Waals surface area contributed by atoms with E-state index in [-0.39, 0.29) is 11.3 Å². The molecule has 0 saturated carbocycles. The van der Waals surface area contributed by atoms with E-state index in [4.69, 9.17) is 4.55 Å². The van der Waals surface area contributed by atoms with E-state index in [1.807, 2.05) is 24.3 Å². The van der Waals surface area contributed by atoms with Gasteiger partial charge in [-0.15, -0.1) is 0 Å². The Morgan fingerprint density at radius 2 is 1.50 bits per heavy atom. The molecule has 0 radical (unpaired) electrons. The monoisotopic (exact) mass is 363 g/mol. The Kier molecular flexibility index (Phi) is 4.64. The van der Waals surface area contributed by atoms with E-state index < -0.39 is 10.1 Å². The van der Waals surface area contributed by atoms with Gasteiger partial charge in [-0.05, 0) is 51.0 Å². The maximum absolute atomic E-state index is 11.0. The van der Waals surface area contributed by atoms with Crippen molar-refractivity contribution in [1.82, 2.24) is 0 Å². The summed E-state index contributed by atoms with van der Waals surface area (Å²) in [4.78, 5) is 4.68. The highest BCUT2D eigenvalue weighted by molar-refractivity contribution is 7.99. The van der Waals surface area contributed by atoms with Crippen LogP contribution in [0.25, 0.3) is 0 Å². The van der Waals surface area contributed by atoms with Gasteiger partial charge in [-0.1, -0.05) is 36.0 Å². The van der Waals surface area contributed by atoms with Crippen molar-refractivity contribution in [3.05, 3.63) is 48.5 Å². The van der Waals surface area contributed by atoms with Gasteiger partial charge in [0.1, 0.15) is 0 Å². The molecule has 0 saturated heterocycles. The third-order valence-electron chi connectivity index (χ3n) is 4.23. The SMILES string of the molecule is CC(C)(CCCS(=O)(=O)O)N1c2ccccc2Sc2ccccc21. The van der Waals surface area contributed by atoms with Crippen LogP contribution in [0.5, 0.6) is 0 Å². The summed E-state index contributed by atoms with van der Waals surface area (Å²) in [6.07, 6.45) is 1.07. The molecule has 0 aromatic heterocycles. The van der Waals surface area contributed by atoms with Gasteiger partial charge in [-0.2, -0.15) is 8.42 Å². The fourth-order valence-corrected chi connectivity index (χ4v) is 4.72. The van der Waals surface area contributed by atoms with Crippen molar-refractivity contribution in [2.75, 3.05) is 10.7 Å². The second kappa shape index (κ2) is 6.43. The molecular weight excluding hydrogens is 342 g/mol. The molecule has 1 heterocycles. The summed E-state index contributed by atoms with van der Waals surface area (Å²) in [5.41, 5.74) is 1.99. The molecule has 0 amide bonds. The first-order valence-corrected chi connectivity index (χ1v) is 10.3. The Morgan fingerprint density at radius 1 is 1.00 bits per heavy atom. The van der Waals surface area contributed by atoms with Gasteiger partial charge in [0.05, 0.1) is 17.1 Å². The van der Waals surface area contributed by atoms with E-state index in [0.29, 0.717) is 12.8 Å². The van der Waals surface area contributed by atoms with Crippen LogP contribution >= 0.6 is 11.8 Å². The molecule has 6 heteroatoms. The van der Waals surface area contributed by atoms with E-state index in [1.54, 1.807) is 11.8 Å². The Hall–Kier alpha value is -1.50. The van der Waals surface area contributed by atoms with Gasteiger partial charge in [0.25, 0.3) is 10.1 Å². The van der Waals surface area contributed by atoms with Gasteiger partial charge in [0.2, 0.25) is 0 Å². The zero-order valence-electron chi connectivity index (χ0n) is 13.8. The molecule has 1 aliphatic rings. The van der Waals surface area contributed by atoms with Gasteiger partial charge in [0, 0.05) is 15.3 Å². The Morgan fingerprint density at radius 3 is 2.00 bits per heavy atom. The predicted octanol–water partition coefficient (Wildman–Crippen LogP) is 4.74. The highest BCUT2D eigenvalue weighted by Gasteiger charge is 2.34. The normalized spacial score (nSPS) is 14.2. The molecule has 24 heavy (non-hydrogen) atoms. The van der Waals surface area contributed by atoms with Crippen molar-refractivity contribution < 1.29 is 13.0 Å². The van der Waals surface area contributed by atoms with Crippen LogP contribution in [0, 0.1) is 0 Å². The largest absolute Gasteiger partial charge is 0.334 e. The average Bonchev–Trinajstić information content (AvgIpc) is 2.50. The highest BCUT2D eigenvalue weighted by atomic mass is 32.2. The summed E-state index contributed by atoms with van der Waals surface area (Å²) < 4.78 is 31.1. The van der Waals surface area contributed by atoms with Gasteiger partial charge in [-0.25, -0.2) is 0 Å². The molecule has 128 valence electrons. The minimum absolute atomic E-state index is 0.206. The first kappa shape index (κ1) is 17.3. The van der Waals surface area contributed by atoms with Crippen molar-refractivity contribution >= 4 is 33.3 Å². The molecular formula is C18H21NO3S2. The van der Waals surface area contributed by atoms with E-state index in [1.165, 1.54) is 9.79 Å².